The summed E-state index contributed by atoms with van der Waals surface area (Å²) >= 11 is 0. The lowest BCUT2D eigenvalue weighted by Crippen LogP contribution is -2.03. The van der Waals surface area contributed by atoms with Crippen LogP contribution in [0.5, 0.6) is 5.75 Å². The van der Waals surface area contributed by atoms with Gasteiger partial charge in [-0.1, -0.05) is 12.1 Å². The van der Waals surface area contributed by atoms with Crippen molar-refractivity contribution < 1.29 is 4.74 Å². The second-order valence-corrected chi connectivity index (χ2v) is 3.49. The number of imidazole rings is 1. The first-order chi connectivity index (χ1) is 7.79. The molecule has 16 heavy (non-hydrogen) atoms. The fraction of sp³-hybridized carbons (Fsp3) is 0.250. The summed E-state index contributed by atoms with van der Waals surface area (Å²) in [6, 6.07) is 7.99. The first kappa shape index (κ1) is 10.5. The third-order valence-electron chi connectivity index (χ3n) is 2.31. The number of nitrogen functional groups attached to an aromatic ring is 1. The molecule has 0 saturated carbocycles. The van der Waals surface area contributed by atoms with Crippen LogP contribution in [0.2, 0.25) is 0 Å². The fourth-order valence-corrected chi connectivity index (χ4v) is 1.57. The zero-order valence-corrected chi connectivity index (χ0v) is 9.26. The summed E-state index contributed by atoms with van der Waals surface area (Å²) in [6.45, 7) is 3.37. The molecular formula is C12H15N3O. The maximum Gasteiger partial charge on any atom is 0.200 e. The molecule has 0 atom stereocenters. The van der Waals surface area contributed by atoms with Gasteiger partial charge >= 0.3 is 0 Å². The summed E-state index contributed by atoms with van der Waals surface area (Å²) < 4.78 is 7.33. The van der Waals surface area contributed by atoms with E-state index >= 15 is 0 Å². The lowest BCUT2D eigenvalue weighted by molar-refractivity contribution is 0.340. The van der Waals surface area contributed by atoms with E-state index in [0.29, 0.717) is 19.1 Å². The molecule has 0 spiro atoms. The molecule has 0 saturated heterocycles. The number of hydrogen-bond acceptors (Lipinski definition) is 3. The van der Waals surface area contributed by atoms with E-state index in [0.717, 1.165) is 11.3 Å². The van der Waals surface area contributed by atoms with Gasteiger partial charge in [-0.25, -0.2) is 4.98 Å². The van der Waals surface area contributed by atoms with Crippen LogP contribution in [-0.4, -0.2) is 16.2 Å². The zero-order valence-electron chi connectivity index (χ0n) is 9.26. The third kappa shape index (κ3) is 2.34. The molecule has 1 aromatic heterocycles. The second kappa shape index (κ2) is 4.70. The normalized spacial score (nSPS) is 10.3. The summed E-state index contributed by atoms with van der Waals surface area (Å²) in [5.74, 6) is 1.42. The summed E-state index contributed by atoms with van der Waals surface area (Å²) in [5, 5.41) is 0. The van der Waals surface area contributed by atoms with E-state index in [1.54, 1.807) is 6.20 Å². The Balaban J connectivity index is 2.15. The van der Waals surface area contributed by atoms with Crippen LogP contribution in [0.1, 0.15) is 12.5 Å². The standard InChI is InChI=1S/C12H15N3O/c1-2-16-11-5-3-4-10(8-11)9-15-7-6-14-12(15)13/h3-8H,2,9H2,1H3,(H2,13,14). The lowest BCUT2D eigenvalue weighted by atomic mass is 10.2. The minimum Gasteiger partial charge on any atom is -0.494 e. The molecule has 4 heteroatoms. The van der Waals surface area contributed by atoms with Gasteiger partial charge in [0.1, 0.15) is 5.75 Å². The molecule has 0 amide bonds. The van der Waals surface area contributed by atoms with Crippen molar-refractivity contribution in [3.63, 3.8) is 0 Å². The molecule has 84 valence electrons. The van der Waals surface area contributed by atoms with Crippen molar-refractivity contribution in [2.45, 2.75) is 13.5 Å². The Morgan fingerprint density at radius 3 is 3.00 bits per heavy atom. The summed E-state index contributed by atoms with van der Waals surface area (Å²) in [5.41, 5.74) is 6.85. The Labute approximate surface area is 94.7 Å². The van der Waals surface area contributed by atoms with Gasteiger partial charge in [0.15, 0.2) is 5.95 Å². The number of nitrogens with zero attached hydrogens (tertiary/aromatic N) is 2. The van der Waals surface area contributed by atoms with Crippen LogP contribution in [0.3, 0.4) is 0 Å². The van der Waals surface area contributed by atoms with Crippen molar-refractivity contribution in [2.75, 3.05) is 12.3 Å². The van der Waals surface area contributed by atoms with Crippen molar-refractivity contribution in [3.8, 4) is 5.75 Å². The van der Waals surface area contributed by atoms with E-state index in [-0.39, 0.29) is 0 Å². The first-order valence-electron chi connectivity index (χ1n) is 5.28. The van der Waals surface area contributed by atoms with Crippen molar-refractivity contribution in [2.24, 2.45) is 0 Å². The summed E-state index contributed by atoms with van der Waals surface area (Å²) in [4.78, 5) is 3.98. The van der Waals surface area contributed by atoms with Crippen LogP contribution in [0.4, 0.5) is 5.95 Å². The van der Waals surface area contributed by atoms with E-state index in [9.17, 15) is 0 Å². The SMILES string of the molecule is CCOc1cccc(Cn2ccnc2N)c1. The summed E-state index contributed by atoms with van der Waals surface area (Å²) in [6.07, 6.45) is 3.56. The Morgan fingerprint density at radius 2 is 2.31 bits per heavy atom. The highest BCUT2D eigenvalue weighted by Gasteiger charge is 2.00. The van der Waals surface area contributed by atoms with E-state index in [4.69, 9.17) is 10.5 Å². The van der Waals surface area contributed by atoms with E-state index in [2.05, 4.69) is 4.98 Å². The number of hydrogen-bond donors (Lipinski definition) is 1. The molecule has 0 aliphatic carbocycles. The third-order valence-corrected chi connectivity index (χ3v) is 2.31. The molecule has 1 aromatic carbocycles. The van der Waals surface area contributed by atoms with Gasteiger partial charge in [-0.3, -0.25) is 0 Å². The number of anilines is 1. The van der Waals surface area contributed by atoms with E-state index < -0.39 is 0 Å². The molecule has 2 rings (SSSR count). The molecule has 4 nitrogen and oxygen atoms in total. The first-order valence-corrected chi connectivity index (χ1v) is 5.28. The molecule has 2 N–H and O–H groups in total. The molecule has 0 aliphatic rings. The van der Waals surface area contributed by atoms with E-state index in [1.165, 1.54) is 0 Å². The fourth-order valence-electron chi connectivity index (χ4n) is 1.57. The highest BCUT2D eigenvalue weighted by Crippen LogP contribution is 2.15. The average molecular weight is 217 g/mol. The summed E-state index contributed by atoms with van der Waals surface area (Å²) in [7, 11) is 0. The highest BCUT2D eigenvalue weighted by molar-refractivity contribution is 5.30. The van der Waals surface area contributed by atoms with Crippen LogP contribution in [0.15, 0.2) is 36.7 Å². The van der Waals surface area contributed by atoms with Crippen LogP contribution in [0, 0.1) is 0 Å². The minimum atomic E-state index is 0.529. The molecule has 0 aliphatic heterocycles. The smallest absolute Gasteiger partial charge is 0.200 e. The maximum absolute atomic E-state index is 5.71. The Kier molecular flexibility index (Phi) is 3.10. The van der Waals surface area contributed by atoms with Gasteiger partial charge in [-0.05, 0) is 24.6 Å². The number of nitrogens with two attached hydrogens (primary N) is 1. The van der Waals surface area contributed by atoms with Crippen molar-refractivity contribution in [3.05, 3.63) is 42.2 Å². The predicted octanol–water partition coefficient (Wildman–Crippen LogP) is 1.91. The highest BCUT2D eigenvalue weighted by atomic mass is 16.5. The lowest BCUT2D eigenvalue weighted by Gasteiger charge is -2.07. The van der Waals surface area contributed by atoms with Gasteiger partial charge in [0, 0.05) is 12.4 Å². The van der Waals surface area contributed by atoms with Crippen LogP contribution >= 0.6 is 0 Å². The second-order valence-electron chi connectivity index (χ2n) is 3.49. The van der Waals surface area contributed by atoms with Gasteiger partial charge in [0.2, 0.25) is 0 Å². The minimum absolute atomic E-state index is 0.529. The van der Waals surface area contributed by atoms with Gasteiger partial charge in [-0.2, -0.15) is 0 Å². The van der Waals surface area contributed by atoms with Crippen molar-refractivity contribution >= 4 is 5.95 Å². The zero-order chi connectivity index (χ0) is 11.4. The van der Waals surface area contributed by atoms with Gasteiger partial charge in [0.05, 0.1) is 13.2 Å². The van der Waals surface area contributed by atoms with Crippen molar-refractivity contribution in [1.29, 1.82) is 0 Å². The number of benzene rings is 1. The van der Waals surface area contributed by atoms with Gasteiger partial charge in [0.25, 0.3) is 0 Å². The topological polar surface area (TPSA) is 53.1 Å². The molecule has 0 bridgehead atoms. The Bertz CT molecular complexity index is 465. The monoisotopic (exact) mass is 217 g/mol. The molecular weight excluding hydrogens is 202 g/mol. The molecule has 1 heterocycles. The Morgan fingerprint density at radius 1 is 1.44 bits per heavy atom. The maximum atomic E-state index is 5.71. The quantitative estimate of drug-likeness (QED) is 0.851. The van der Waals surface area contributed by atoms with Crippen molar-refractivity contribution in [1.82, 2.24) is 9.55 Å². The molecule has 0 fully saturated rings. The number of aromatic nitrogens is 2. The average Bonchev–Trinajstić information content (AvgIpc) is 2.66. The number of rotatable bonds is 4. The number of ether oxygens (including phenoxy) is 1. The van der Waals surface area contributed by atoms with Crippen LogP contribution < -0.4 is 10.5 Å². The Hall–Kier alpha value is -1.97. The van der Waals surface area contributed by atoms with Gasteiger partial charge in [-0.15, -0.1) is 0 Å². The van der Waals surface area contributed by atoms with Crippen LogP contribution in [-0.2, 0) is 6.54 Å². The largest absolute Gasteiger partial charge is 0.494 e. The predicted molar refractivity (Wildman–Crippen MR) is 63.4 cm³/mol. The molecule has 0 unspecified atom stereocenters. The van der Waals surface area contributed by atoms with E-state index in [1.807, 2.05) is 42.0 Å². The van der Waals surface area contributed by atoms with Gasteiger partial charge < -0.3 is 15.0 Å². The molecule has 2 aromatic rings. The molecule has 0 radical (unpaired) electrons. The van der Waals surface area contributed by atoms with Crippen LogP contribution in [0.25, 0.3) is 0 Å².